The molecule has 3 heteroatoms. The van der Waals surface area contributed by atoms with Crippen molar-refractivity contribution in [1.29, 1.82) is 0 Å². The molecule has 0 unspecified atom stereocenters. The van der Waals surface area contributed by atoms with Gasteiger partial charge >= 0.3 is 0 Å². The molecule has 0 amide bonds. The van der Waals surface area contributed by atoms with Gasteiger partial charge in [0.05, 0.1) is 11.4 Å². The highest BCUT2D eigenvalue weighted by atomic mass is 35.5. The second-order valence-electron chi connectivity index (χ2n) is 2.17. The summed E-state index contributed by atoms with van der Waals surface area (Å²) in [7, 11) is 0. The van der Waals surface area contributed by atoms with Gasteiger partial charge in [-0.15, -0.1) is 0 Å². The molecule has 0 aromatic heterocycles. The van der Waals surface area contributed by atoms with Gasteiger partial charge in [-0.3, -0.25) is 0 Å². The summed E-state index contributed by atoms with van der Waals surface area (Å²) in [6.07, 6.45) is 5.68. The molecule has 0 fully saturated rings. The number of halogens is 1. The lowest BCUT2D eigenvalue weighted by Crippen LogP contribution is -2.24. The quantitative estimate of drug-likeness (QED) is 0.544. The molecular formula is C8H11ClN2. The van der Waals surface area contributed by atoms with Gasteiger partial charge in [-0.25, -0.2) is 0 Å². The van der Waals surface area contributed by atoms with E-state index in [0.29, 0.717) is 5.16 Å². The Balaban J connectivity index is 2.88. The van der Waals surface area contributed by atoms with Gasteiger partial charge in [0.2, 0.25) is 0 Å². The van der Waals surface area contributed by atoms with Crippen LogP contribution in [0.2, 0.25) is 0 Å². The average molecular weight is 171 g/mol. The van der Waals surface area contributed by atoms with Crippen LogP contribution in [0.1, 0.15) is 13.8 Å². The predicted molar refractivity (Wildman–Crippen MR) is 47.7 cm³/mol. The molecule has 0 aliphatic carbocycles. The Kier molecular flexibility index (Phi) is 2.60. The second-order valence-corrected chi connectivity index (χ2v) is 2.57. The molecule has 0 aromatic carbocycles. The van der Waals surface area contributed by atoms with Gasteiger partial charge in [-0.1, -0.05) is 23.8 Å². The first-order valence-electron chi connectivity index (χ1n) is 3.50. The fourth-order valence-corrected chi connectivity index (χ4v) is 1.07. The molecule has 0 saturated heterocycles. The first-order chi connectivity index (χ1) is 5.27. The Morgan fingerprint density at radius 1 is 1.27 bits per heavy atom. The molecule has 0 bridgehead atoms. The van der Waals surface area contributed by atoms with Crippen LogP contribution in [-0.2, 0) is 0 Å². The van der Waals surface area contributed by atoms with E-state index in [-0.39, 0.29) is 0 Å². The van der Waals surface area contributed by atoms with E-state index in [2.05, 4.69) is 10.6 Å². The lowest BCUT2D eigenvalue weighted by atomic mass is 10.2. The van der Waals surface area contributed by atoms with Crippen molar-refractivity contribution in [2.24, 2.45) is 0 Å². The minimum atomic E-state index is 0.615. The van der Waals surface area contributed by atoms with Gasteiger partial charge in [0.15, 0.2) is 0 Å². The van der Waals surface area contributed by atoms with Gasteiger partial charge in [0, 0.05) is 6.20 Å². The van der Waals surface area contributed by atoms with E-state index in [9.17, 15) is 0 Å². The van der Waals surface area contributed by atoms with Crippen molar-refractivity contribution in [2.45, 2.75) is 13.8 Å². The van der Waals surface area contributed by atoms with Crippen molar-refractivity contribution in [3.05, 3.63) is 34.9 Å². The molecule has 1 aliphatic heterocycles. The van der Waals surface area contributed by atoms with Crippen molar-refractivity contribution in [3.8, 4) is 0 Å². The second kappa shape index (κ2) is 3.49. The third kappa shape index (κ3) is 1.77. The number of allylic oxidation sites excluding steroid dienone is 2. The van der Waals surface area contributed by atoms with Crippen LogP contribution in [0, 0.1) is 0 Å². The van der Waals surface area contributed by atoms with E-state index in [4.69, 9.17) is 11.6 Å². The van der Waals surface area contributed by atoms with Crippen LogP contribution in [0.15, 0.2) is 34.9 Å². The monoisotopic (exact) mass is 170 g/mol. The van der Waals surface area contributed by atoms with Gasteiger partial charge in [-0.2, -0.15) is 0 Å². The third-order valence-corrected chi connectivity index (χ3v) is 1.68. The zero-order valence-electron chi connectivity index (χ0n) is 6.61. The number of hydrogen-bond donors (Lipinski definition) is 2. The molecule has 1 heterocycles. The van der Waals surface area contributed by atoms with E-state index in [1.165, 1.54) is 0 Å². The van der Waals surface area contributed by atoms with E-state index >= 15 is 0 Å². The van der Waals surface area contributed by atoms with Gasteiger partial charge < -0.3 is 10.6 Å². The highest BCUT2D eigenvalue weighted by Gasteiger charge is 2.07. The van der Waals surface area contributed by atoms with Crippen molar-refractivity contribution >= 4 is 11.6 Å². The SMILES string of the molecule is CC=C1NC=C(Cl)NC1=CC. The molecule has 0 radical (unpaired) electrons. The summed E-state index contributed by atoms with van der Waals surface area (Å²) in [4.78, 5) is 0. The molecule has 1 rings (SSSR count). The van der Waals surface area contributed by atoms with E-state index in [1.807, 2.05) is 26.0 Å². The van der Waals surface area contributed by atoms with Crippen molar-refractivity contribution in [2.75, 3.05) is 0 Å². The lowest BCUT2D eigenvalue weighted by molar-refractivity contribution is 0.892. The van der Waals surface area contributed by atoms with Crippen LogP contribution < -0.4 is 10.6 Å². The molecule has 0 saturated carbocycles. The molecule has 60 valence electrons. The average Bonchev–Trinajstić information content (AvgIpc) is 2.04. The van der Waals surface area contributed by atoms with Crippen LogP contribution in [0.3, 0.4) is 0 Å². The fourth-order valence-electron chi connectivity index (χ4n) is 0.917. The molecule has 11 heavy (non-hydrogen) atoms. The van der Waals surface area contributed by atoms with Crippen LogP contribution in [-0.4, -0.2) is 0 Å². The van der Waals surface area contributed by atoms with Crippen LogP contribution in [0.4, 0.5) is 0 Å². The van der Waals surface area contributed by atoms with Crippen LogP contribution in [0.25, 0.3) is 0 Å². The summed E-state index contributed by atoms with van der Waals surface area (Å²) >= 11 is 5.73. The van der Waals surface area contributed by atoms with Crippen molar-refractivity contribution in [3.63, 3.8) is 0 Å². The minimum absolute atomic E-state index is 0.615. The lowest BCUT2D eigenvalue weighted by Gasteiger charge is -2.18. The standard InChI is InChI=1S/C8H11ClN2/c1-3-6-7(4-2)11-8(9)5-10-6/h3-5,10-11H,1-2H3. The summed E-state index contributed by atoms with van der Waals surface area (Å²) in [5.41, 5.74) is 2.07. The Bertz CT molecular complexity index is 238. The third-order valence-electron chi connectivity index (χ3n) is 1.48. The summed E-state index contributed by atoms with van der Waals surface area (Å²) < 4.78 is 0. The maximum absolute atomic E-state index is 5.73. The van der Waals surface area contributed by atoms with Gasteiger partial charge in [0.1, 0.15) is 5.16 Å². The van der Waals surface area contributed by atoms with Crippen LogP contribution >= 0.6 is 11.6 Å². The molecule has 2 N–H and O–H groups in total. The Morgan fingerprint density at radius 2 is 1.91 bits per heavy atom. The summed E-state index contributed by atoms with van der Waals surface area (Å²) in [6.45, 7) is 3.93. The molecule has 0 aromatic rings. The largest absolute Gasteiger partial charge is 0.358 e. The predicted octanol–water partition coefficient (Wildman–Crippen LogP) is 2.02. The highest BCUT2D eigenvalue weighted by Crippen LogP contribution is 2.12. The molecule has 0 atom stereocenters. The molecule has 2 nitrogen and oxygen atoms in total. The zero-order chi connectivity index (χ0) is 8.27. The number of nitrogens with one attached hydrogen (secondary N) is 2. The maximum atomic E-state index is 5.73. The normalized spacial score (nSPS) is 24.5. The van der Waals surface area contributed by atoms with Gasteiger partial charge in [-0.05, 0) is 13.8 Å². The van der Waals surface area contributed by atoms with E-state index < -0.39 is 0 Å². The van der Waals surface area contributed by atoms with E-state index in [1.54, 1.807) is 6.20 Å². The first kappa shape index (κ1) is 8.21. The topological polar surface area (TPSA) is 24.1 Å². The highest BCUT2D eigenvalue weighted by molar-refractivity contribution is 6.29. The maximum Gasteiger partial charge on any atom is 0.122 e. The fraction of sp³-hybridized carbons (Fsp3) is 0.250. The Hall–Kier alpha value is -0.890. The number of hydrogen-bond acceptors (Lipinski definition) is 2. The molecule has 1 aliphatic rings. The van der Waals surface area contributed by atoms with Crippen LogP contribution in [0.5, 0.6) is 0 Å². The molecular weight excluding hydrogens is 160 g/mol. The summed E-state index contributed by atoms with van der Waals surface area (Å²) in [5.74, 6) is 0. The Morgan fingerprint density at radius 3 is 2.45 bits per heavy atom. The first-order valence-corrected chi connectivity index (χ1v) is 3.88. The summed E-state index contributed by atoms with van der Waals surface area (Å²) in [6, 6.07) is 0. The smallest absolute Gasteiger partial charge is 0.122 e. The summed E-state index contributed by atoms with van der Waals surface area (Å²) in [5, 5.41) is 6.69. The zero-order valence-corrected chi connectivity index (χ0v) is 7.37. The van der Waals surface area contributed by atoms with E-state index in [0.717, 1.165) is 11.4 Å². The Labute approximate surface area is 71.6 Å². The van der Waals surface area contributed by atoms with Crippen molar-refractivity contribution in [1.82, 2.24) is 10.6 Å². The molecule has 0 spiro atoms. The number of rotatable bonds is 0. The van der Waals surface area contributed by atoms with Crippen molar-refractivity contribution < 1.29 is 0 Å². The minimum Gasteiger partial charge on any atom is -0.358 e. The van der Waals surface area contributed by atoms with Gasteiger partial charge in [0.25, 0.3) is 0 Å².